The van der Waals surface area contributed by atoms with Crippen molar-refractivity contribution in [2.24, 2.45) is 11.3 Å². The fourth-order valence-corrected chi connectivity index (χ4v) is 2.22. The van der Waals surface area contributed by atoms with Gasteiger partial charge in [0.1, 0.15) is 0 Å². The number of rotatable bonds is 5. The summed E-state index contributed by atoms with van der Waals surface area (Å²) in [5.41, 5.74) is -1.45. The van der Waals surface area contributed by atoms with E-state index < -0.39 is 11.0 Å². The molecule has 5 nitrogen and oxygen atoms in total. The van der Waals surface area contributed by atoms with Crippen LogP contribution in [0, 0.1) is 11.3 Å². The molecule has 106 valence electrons. The van der Waals surface area contributed by atoms with Gasteiger partial charge in [-0.15, -0.1) is 0 Å². The van der Waals surface area contributed by atoms with Crippen molar-refractivity contribution < 1.29 is 15.0 Å². The number of hydrogen-bond donors (Lipinski definition) is 4. The third kappa shape index (κ3) is 3.43. The van der Waals surface area contributed by atoms with Crippen LogP contribution in [0.3, 0.4) is 0 Å². The van der Waals surface area contributed by atoms with Gasteiger partial charge in [-0.3, -0.25) is 4.79 Å². The molecule has 5 heteroatoms. The predicted molar refractivity (Wildman–Crippen MR) is 70.1 cm³/mol. The van der Waals surface area contributed by atoms with E-state index in [4.69, 9.17) is 0 Å². The van der Waals surface area contributed by atoms with E-state index in [1.54, 1.807) is 6.92 Å². The first kappa shape index (κ1) is 15.4. The molecular formula is C13H26N2O3. The summed E-state index contributed by atoms with van der Waals surface area (Å²) >= 11 is 0. The summed E-state index contributed by atoms with van der Waals surface area (Å²) in [5.74, 6) is 0.176. The van der Waals surface area contributed by atoms with E-state index in [0.29, 0.717) is 0 Å². The Morgan fingerprint density at radius 3 is 2.39 bits per heavy atom. The van der Waals surface area contributed by atoms with Crippen LogP contribution in [0.25, 0.3) is 0 Å². The molecule has 1 aliphatic rings. The zero-order valence-electron chi connectivity index (χ0n) is 11.6. The van der Waals surface area contributed by atoms with E-state index >= 15 is 0 Å². The Balaban J connectivity index is 2.68. The maximum Gasteiger partial charge on any atom is 0.226 e. The molecule has 0 spiro atoms. The standard InChI is InChI=1S/C13H26N2O3/c1-12(2,10-5-4-6-14-7-10)11(18)15-13(3,8-16)9-17/h10,14,16-17H,4-9H2,1-3H3,(H,15,18). The molecule has 1 fully saturated rings. The minimum absolute atomic E-state index is 0.109. The maximum atomic E-state index is 12.3. The molecule has 1 unspecified atom stereocenters. The number of piperidine rings is 1. The van der Waals surface area contributed by atoms with Gasteiger partial charge in [0, 0.05) is 5.41 Å². The number of carbonyl (C=O) groups excluding carboxylic acids is 1. The Kier molecular flexibility index (Phi) is 5.13. The Morgan fingerprint density at radius 2 is 1.94 bits per heavy atom. The first-order valence-electron chi connectivity index (χ1n) is 6.61. The minimum atomic E-state index is -0.948. The molecule has 0 saturated carbocycles. The lowest BCUT2D eigenvalue weighted by molar-refractivity contribution is -0.135. The summed E-state index contributed by atoms with van der Waals surface area (Å²) in [6.07, 6.45) is 2.11. The smallest absolute Gasteiger partial charge is 0.226 e. The van der Waals surface area contributed by atoms with Crippen molar-refractivity contribution >= 4 is 5.91 Å². The van der Waals surface area contributed by atoms with E-state index in [1.165, 1.54) is 0 Å². The monoisotopic (exact) mass is 258 g/mol. The Bertz CT molecular complexity index is 282. The van der Waals surface area contributed by atoms with Crippen LogP contribution >= 0.6 is 0 Å². The fourth-order valence-electron chi connectivity index (χ4n) is 2.22. The highest BCUT2D eigenvalue weighted by Gasteiger charge is 2.39. The third-order valence-corrected chi connectivity index (χ3v) is 4.02. The summed E-state index contributed by atoms with van der Waals surface area (Å²) in [6, 6.07) is 0. The van der Waals surface area contributed by atoms with Crippen LogP contribution < -0.4 is 10.6 Å². The van der Waals surface area contributed by atoms with Crippen LogP contribution in [-0.4, -0.2) is 48.0 Å². The first-order valence-corrected chi connectivity index (χ1v) is 6.61. The second kappa shape index (κ2) is 5.99. The number of carbonyl (C=O) groups is 1. The lowest BCUT2D eigenvalue weighted by Gasteiger charge is -2.38. The zero-order valence-corrected chi connectivity index (χ0v) is 11.6. The van der Waals surface area contributed by atoms with Gasteiger partial charge in [-0.05, 0) is 38.8 Å². The lowest BCUT2D eigenvalue weighted by atomic mass is 9.74. The summed E-state index contributed by atoms with van der Waals surface area (Å²) < 4.78 is 0. The van der Waals surface area contributed by atoms with Gasteiger partial charge in [0.15, 0.2) is 0 Å². The minimum Gasteiger partial charge on any atom is -0.394 e. The molecule has 0 aromatic carbocycles. The highest BCUT2D eigenvalue weighted by molar-refractivity contribution is 5.83. The van der Waals surface area contributed by atoms with Crippen LogP contribution in [-0.2, 0) is 4.79 Å². The zero-order chi connectivity index (χ0) is 13.8. The number of amides is 1. The summed E-state index contributed by atoms with van der Waals surface area (Å²) in [7, 11) is 0. The van der Waals surface area contributed by atoms with Crippen LogP contribution in [0.15, 0.2) is 0 Å². The normalized spacial score (nSPS) is 21.7. The van der Waals surface area contributed by atoms with Gasteiger partial charge in [0.25, 0.3) is 0 Å². The van der Waals surface area contributed by atoms with Gasteiger partial charge in [-0.1, -0.05) is 13.8 Å². The molecule has 0 aromatic heterocycles. The van der Waals surface area contributed by atoms with Crippen molar-refractivity contribution in [2.45, 2.75) is 39.2 Å². The highest BCUT2D eigenvalue weighted by atomic mass is 16.3. The topological polar surface area (TPSA) is 81.6 Å². The highest BCUT2D eigenvalue weighted by Crippen LogP contribution is 2.32. The Morgan fingerprint density at radius 1 is 1.33 bits per heavy atom. The van der Waals surface area contributed by atoms with Crippen LogP contribution in [0.4, 0.5) is 0 Å². The molecule has 4 N–H and O–H groups in total. The average molecular weight is 258 g/mol. The van der Waals surface area contributed by atoms with Gasteiger partial charge in [-0.2, -0.15) is 0 Å². The maximum absolute atomic E-state index is 12.3. The largest absolute Gasteiger partial charge is 0.394 e. The lowest BCUT2D eigenvalue weighted by Crippen LogP contribution is -2.57. The SMILES string of the molecule is CC(CO)(CO)NC(=O)C(C)(C)C1CCCNC1. The Labute approximate surface area is 109 Å². The molecule has 18 heavy (non-hydrogen) atoms. The second-order valence-electron chi connectivity index (χ2n) is 6.10. The predicted octanol–water partition coefficient (Wildman–Crippen LogP) is -0.128. The van der Waals surface area contributed by atoms with E-state index in [2.05, 4.69) is 10.6 Å². The average Bonchev–Trinajstić information content (AvgIpc) is 2.39. The molecule has 1 aliphatic heterocycles. The van der Waals surface area contributed by atoms with Crippen molar-refractivity contribution in [1.82, 2.24) is 10.6 Å². The molecule has 1 rings (SSSR count). The van der Waals surface area contributed by atoms with Crippen molar-refractivity contribution in [2.75, 3.05) is 26.3 Å². The molecule has 1 amide bonds. The summed E-state index contributed by atoms with van der Waals surface area (Å²) in [6.45, 7) is 6.81. The first-order chi connectivity index (χ1) is 8.35. The Hall–Kier alpha value is -0.650. The molecule has 0 aliphatic carbocycles. The number of aliphatic hydroxyl groups excluding tert-OH is 2. The molecule has 1 heterocycles. The second-order valence-corrected chi connectivity index (χ2v) is 6.10. The molecule has 1 atom stereocenters. The molecule has 0 bridgehead atoms. The van der Waals surface area contributed by atoms with Gasteiger partial charge < -0.3 is 20.8 Å². The molecule has 1 saturated heterocycles. The van der Waals surface area contributed by atoms with Gasteiger partial charge in [-0.25, -0.2) is 0 Å². The number of nitrogens with one attached hydrogen (secondary N) is 2. The van der Waals surface area contributed by atoms with Crippen molar-refractivity contribution in [3.8, 4) is 0 Å². The van der Waals surface area contributed by atoms with E-state index in [-0.39, 0.29) is 25.0 Å². The summed E-state index contributed by atoms with van der Waals surface area (Å²) in [4.78, 5) is 12.3. The van der Waals surface area contributed by atoms with Crippen molar-refractivity contribution in [1.29, 1.82) is 0 Å². The number of hydrogen-bond acceptors (Lipinski definition) is 4. The molecule has 0 aromatic rings. The van der Waals surface area contributed by atoms with E-state index in [0.717, 1.165) is 25.9 Å². The summed E-state index contributed by atoms with van der Waals surface area (Å²) in [5, 5.41) is 24.5. The molecular weight excluding hydrogens is 232 g/mol. The van der Waals surface area contributed by atoms with Crippen LogP contribution in [0.2, 0.25) is 0 Å². The molecule has 0 radical (unpaired) electrons. The van der Waals surface area contributed by atoms with E-state index in [9.17, 15) is 15.0 Å². The van der Waals surface area contributed by atoms with Crippen molar-refractivity contribution in [3.63, 3.8) is 0 Å². The van der Waals surface area contributed by atoms with Gasteiger partial charge in [0.2, 0.25) is 5.91 Å². The number of aliphatic hydroxyl groups is 2. The van der Waals surface area contributed by atoms with Gasteiger partial charge in [0.05, 0.1) is 18.8 Å². The van der Waals surface area contributed by atoms with Crippen LogP contribution in [0.1, 0.15) is 33.6 Å². The van der Waals surface area contributed by atoms with Gasteiger partial charge >= 0.3 is 0 Å². The van der Waals surface area contributed by atoms with E-state index in [1.807, 2.05) is 13.8 Å². The van der Waals surface area contributed by atoms with Crippen molar-refractivity contribution in [3.05, 3.63) is 0 Å². The van der Waals surface area contributed by atoms with Crippen LogP contribution in [0.5, 0.6) is 0 Å². The fraction of sp³-hybridized carbons (Fsp3) is 0.923. The third-order valence-electron chi connectivity index (χ3n) is 4.02. The quantitative estimate of drug-likeness (QED) is 0.554.